The second-order valence-corrected chi connectivity index (χ2v) is 4.98. The van der Waals surface area contributed by atoms with Crippen LogP contribution in [-0.2, 0) is 6.42 Å². The number of rotatable bonds is 3. The van der Waals surface area contributed by atoms with E-state index >= 15 is 0 Å². The minimum absolute atomic E-state index is 0.128. The third-order valence-electron chi connectivity index (χ3n) is 3.60. The smallest absolute Gasteiger partial charge is 0.149 e. The van der Waals surface area contributed by atoms with Crippen LogP contribution >= 0.6 is 0 Å². The van der Waals surface area contributed by atoms with Crippen LogP contribution in [0.15, 0.2) is 12.1 Å². The molecule has 1 atom stereocenters. The van der Waals surface area contributed by atoms with Gasteiger partial charge >= 0.3 is 0 Å². The molecule has 1 aliphatic heterocycles. The van der Waals surface area contributed by atoms with Crippen LogP contribution < -0.4 is 10.6 Å². The summed E-state index contributed by atoms with van der Waals surface area (Å²) in [5.41, 5.74) is 6.16. The second-order valence-electron chi connectivity index (χ2n) is 4.98. The minimum Gasteiger partial charge on any atom is -0.364 e. The van der Waals surface area contributed by atoms with Gasteiger partial charge in [0.25, 0.3) is 0 Å². The van der Waals surface area contributed by atoms with Gasteiger partial charge in [0.15, 0.2) is 0 Å². The highest BCUT2D eigenvalue weighted by Crippen LogP contribution is 2.30. The Hall–Kier alpha value is -1.16. The van der Waals surface area contributed by atoms with E-state index in [1.165, 1.54) is 12.1 Å². The van der Waals surface area contributed by atoms with Gasteiger partial charge in [-0.2, -0.15) is 0 Å². The Morgan fingerprint density at radius 2 is 1.94 bits per heavy atom. The van der Waals surface area contributed by atoms with Crippen molar-refractivity contribution in [3.8, 4) is 0 Å². The van der Waals surface area contributed by atoms with Gasteiger partial charge in [-0.1, -0.05) is 0 Å². The largest absolute Gasteiger partial charge is 0.364 e. The van der Waals surface area contributed by atoms with Crippen molar-refractivity contribution in [2.75, 3.05) is 18.0 Å². The Kier molecular flexibility index (Phi) is 4.17. The van der Waals surface area contributed by atoms with Gasteiger partial charge in [-0.25, -0.2) is 8.78 Å². The van der Waals surface area contributed by atoms with Crippen molar-refractivity contribution in [1.82, 2.24) is 0 Å². The first kappa shape index (κ1) is 13.3. The van der Waals surface area contributed by atoms with Crippen molar-refractivity contribution in [2.45, 2.75) is 38.6 Å². The van der Waals surface area contributed by atoms with Crippen LogP contribution in [0.2, 0.25) is 0 Å². The van der Waals surface area contributed by atoms with Crippen LogP contribution in [0.1, 0.15) is 31.7 Å². The molecule has 1 aliphatic rings. The van der Waals surface area contributed by atoms with Crippen molar-refractivity contribution in [1.29, 1.82) is 0 Å². The van der Waals surface area contributed by atoms with Crippen molar-refractivity contribution in [3.05, 3.63) is 29.3 Å². The number of hydrogen-bond donors (Lipinski definition) is 1. The van der Waals surface area contributed by atoms with Crippen LogP contribution in [0.4, 0.5) is 14.5 Å². The van der Waals surface area contributed by atoms with Crippen LogP contribution in [0, 0.1) is 11.6 Å². The summed E-state index contributed by atoms with van der Waals surface area (Å²) >= 11 is 0. The van der Waals surface area contributed by atoms with Gasteiger partial charge in [0.2, 0.25) is 0 Å². The molecule has 2 nitrogen and oxygen atoms in total. The lowest BCUT2D eigenvalue weighted by atomic mass is 10.0. The summed E-state index contributed by atoms with van der Waals surface area (Å²) in [4.78, 5) is 1.85. The van der Waals surface area contributed by atoms with Crippen molar-refractivity contribution in [2.24, 2.45) is 5.73 Å². The first-order valence-electron chi connectivity index (χ1n) is 6.58. The highest BCUT2D eigenvalue weighted by molar-refractivity contribution is 5.52. The molecule has 1 aromatic carbocycles. The summed E-state index contributed by atoms with van der Waals surface area (Å²) in [5.74, 6) is -0.931. The van der Waals surface area contributed by atoms with Gasteiger partial charge in [-0.05, 0) is 56.8 Å². The first-order valence-corrected chi connectivity index (χ1v) is 6.58. The zero-order chi connectivity index (χ0) is 13.1. The van der Waals surface area contributed by atoms with E-state index in [4.69, 9.17) is 5.73 Å². The normalized spacial score (nSPS) is 20.2. The molecule has 4 heteroatoms. The molecule has 1 unspecified atom stereocenters. The van der Waals surface area contributed by atoms with Gasteiger partial charge in [0.05, 0.1) is 0 Å². The SMILES string of the molecule is CC1CCCCN1c1c(F)cc(CCN)cc1F. The summed E-state index contributed by atoms with van der Waals surface area (Å²) in [7, 11) is 0. The molecule has 18 heavy (non-hydrogen) atoms. The van der Waals surface area contributed by atoms with E-state index in [-0.39, 0.29) is 11.7 Å². The van der Waals surface area contributed by atoms with Crippen LogP contribution in [-0.4, -0.2) is 19.1 Å². The quantitative estimate of drug-likeness (QED) is 0.898. The van der Waals surface area contributed by atoms with E-state index < -0.39 is 11.6 Å². The van der Waals surface area contributed by atoms with Crippen LogP contribution in [0.25, 0.3) is 0 Å². The lowest BCUT2D eigenvalue weighted by molar-refractivity contribution is 0.463. The van der Waals surface area contributed by atoms with Gasteiger partial charge < -0.3 is 10.6 Å². The van der Waals surface area contributed by atoms with E-state index in [0.29, 0.717) is 18.5 Å². The summed E-state index contributed by atoms with van der Waals surface area (Å²) in [6.07, 6.45) is 3.62. The Morgan fingerprint density at radius 1 is 1.28 bits per heavy atom. The Bertz CT molecular complexity index is 397. The maximum atomic E-state index is 14.1. The number of piperidine rings is 1. The molecule has 0 spiro atoms. The highest BCUT2D eigenvalue weighted by Gasteiger charge is 2.24. The van der Waals surface area contributed by atoms with E-state index in [1.54, 1.807) is 0 Å². The Balaban J connectivity index is 2.32. The van der Waals surface area contributed by atoms with Crippen molar-refractivity contribution in [3.63, 3.8) is 0 Å². The van der Waals surface area contributed by atoms with E-state index in [1.807, 2.05) is 11.8 Å². The molecule has 0 amide bonds. The monoisotopic (exact) mass is 254 g/mol. The number of nitrogens with two attached hydrogens (primary N) is 1. The Labute approximate surface area is 107 Å². The molecular formula is C14H20F2N2. The van der Waals surface area contributed by atoms with Gasteiger partial charge in [0.1, 0.15) is 17.3 Å². The van der Waals surface area contributed by atoms with E-state index in [9.17, 15) is 8.78 Å². The number of hydrogen-bond acceptors (Lipinski definition) is 2. The van der Waals surface area contributed by atoms with Gasteiger partial charge in [-0.3, -0.25) is 0 Å². The molecule has 1 heterocycles. The Morgan fingerprint density at radius 3 is 2.50 bits per heavy atom. The van der Waals surface area contributed by atoms with Crippen LogP contribution in [0.3, 0.4) is 0 Å². The topological polar surface area (TPSA) is 29.3 Å². The maximum Gasteiger partial charge on any atom is 0.149 e. The molecule has 100 valence electrons. The summed E-state index contributed by atoms with van der Waals surface area (Å²) in [6.45, 7) is 3.15. The predicted molar refractivity (Wildman–Crippen MR) is 69.8 cm³/mol. The molecule has 0 saturated carbocycles. The molecule has 0 aliphatic carbocycles. The fourth-order valence-electron chi connectivity index (χ4n) is 2.63. The zero-order valence-corrected chi connectivity index (χ0v) is 10.8. The molecule has 1 fully saturated rings. The van der Waals surface area contributed by atoms with Gasteiger partial charge in [0, 0.05) is 12.6 Å². The average Bonchev–Trinajstić information content (AvgIpc) is 2.31. The molecule has 0 bridgehead atoms. The van der Waals surface area contributed by atoms with E-state index in [2.05, 4.69) is 0 Å². The molecule has 2 N–H and O–H groups in total. The lowest BCUT2D eigenvalue weighted by Crippen LogP contribution is -2.38. The lowest BCUT2D eigenvalue weighted by Gasteiger charge is -2.35. The molecule has 1 aromatic rings. The number of anilines is 1. The highest BCUT2D eigenvalue weighted by atomic mass is 19.1. The summed E-state index contributed by atoms with van der Waals surface area (Å²) in [6, 6.07) is 3.02. The second kappa shape index (κ2) is 5.65. The van der Waals surface area contributed by atoms with Crippen molar-refractivity contribution < 1.29 is 8.78 Å². The standard InChI is InChI=1S/C14H20F2N2/c1-10-4-2-3-7-18(10)14-12(15)8-11(5-6-17)9-13(14)16/h8-10H,2-7,17H2,1H3. The third-order valence-corrected chi connectivity index (χ3v) is 3.60. The summed E-state index contributed by atoms with van der Waals surface area (Å²) < 4.78 is 28.1. The summed E-state index contributed by atoms with van der Waals surface area (Å²) in [5, 5.41) is 0. The molecule has 0 aromatic heterocycles. The molecule has 2 rings (SSSR count). The predicted octanol–water partition coefficient (Wildman–Crippen LogP) is 2.84. The van der Waals surface area contributed by atoms with Crippen molar-refractivity contribution >= 4 is 5.69 Å². The van der Waals surface area contributed by atoms with Crippen LogP contribution in [0.5, 0.6) is 0 Å². The van der Waals surface area contributed by atoms with E-state index in [0.717, 1.165) is 25.8 Å². The first-order chi connectivity index (χ1) is 8.63. The fourth-order valence-corrected chi connectivity index (χ4v) is 2.63. The fraction of sp³-hybridized carbons (Fsp3) is 0.571. The molecule has 0 radical (unpaired) electrons. The average molecular weight is 254 g/mol. The van der Waals surface area contributed by atoms with Gasteiger partial charge in [-0.15, -0.1) is 0 Å². The third kappa shape index (κ3) is 2.64. The number of halogens is 2. The number of benzene rings is 1. The zero-order valence-electron chi connectivity index (χ0n) is 10.8. The minimum atomic E-state index is -0.466. The molecule has 1 saturated heterocycles. The number of nitrogens with zero attached hydrogens (tertiary/aromatic N) is 1. The maximum absolute atomic E-state index is 14.1. The molecular weight excluding hydrogens is 234 g/mol.